The van der Waals surface area contributed by atoms with Crippen LogP contribution in [-0.2, 0) is 0 Å². The minimum absolute atomic E-state index is 0.286. The summed E-state index contributed by atoms with van der Waals surface area (Å²) in [4.78, 5) is 19.2. The van der Waals surface area contributed by atoms with E-state index in [9.17, 15) is 4.79 Å². The highest BCUT2D eigenvalue weighted by Gasteiger charge is 1.98. The predicted octanol–water partition coefficient (Wildman–Crippen LogP) is 6.94. The van der Waals surface area contributed by atoms with Gasteiger partial charge in [-0.2, -0.15) is 0 Å². The van der Waals surface area contributed by atoms with E-state index in [1.807, 2.05) is 60.7 Å². The van der Waals surface area contributed by atoms with Crippen LogP contribution in [0.1, 0.15) is 11.1 Å². The maximum atomic E-state index is 10.9. The Bertz CT molecular complexity index is 1470. The largest absolute Gasteiger partial charge is 0.423 e. The van der Waals surface area contributed by atoms with Gasteiger partial charge in [0.1, 0.15) is 5.58 Å². The summed E-state index contributed by atoms with van der Waals surface area (Å²) < 4.78 is 6.38. The standard InChI is InChI=1S/C10H8O2.C9H8S.C8H6N2/c1-7-6-10(11)12-9-5-3-2-4-8(7)9;1-7-6-10-9-5-3-2-4-8(7)9;1-2-4-8-7(3-1)9-5-6-10-8/h2-6H,1H3;2-6H,1H3;1-6H. The van der Waals surface area contributed by atoms with Crippen LogP contribution in [0, 0.1) is 13.8 Å². The van der Waals surface area contributed by atoms with Crippen LogP contribution < -0.4 is 5.63 Å². The Labute approximate surface area is 189 Å². The molecule has 0 aliphatic heterocycles. The molecule has 0 atom stereocenters. The molecule has 4 nitrogen and oxygen atoms in total. The van der Waals surface area contributed by atoms with E-state index in [0.717, 1.165) is 22.0 Å². The van der Waals surface area contributed by atoms with Crippen molar-refractivity contribution in [3.8, 4) is 0 Å². The molecule has 0 unspecified atom stereocenters. The van der Waals surface area contributed by atoms with Crippen molar-refractivity contribution in [3.63, 3.8) is 0 Å². The zero-order valence-corrected chi connectivity index (χ0v) is 18.7. The first-order chi connectivity index (χ1) is 15.6. The highest BCUT2D eigenvalue weighted by atomic mass is 32.1. The topological polar surface area (TPSA) is 56.0 Å². The molecule has 6 aromatic rings. The fourth-order valence-corrected chi connectivity index (χ4v) is 4.24. The van der Waals surface area contributed by atoms with Gasteiger partial charge in [-0.25, -0.2) is 4.79 Å². The predicted molar refractivity (Wildman–Crippen MR) is 133 cm³/mol. The molecule has 3 aromatic heterocycles. The molecule has 0 aliphatic rings. The maximum absolute atomic E-state index is 10.9. The number of para-hydroxylation sites is 3. The van der Waals surface area contributed by atoms with Gasteiger partial charge in [0, 0.05) is 28.5 Å². The summed E-state index contributed by atoms with van der Waals surface area (Å²) in [6.45, 7) is 4.05. The van der Waals surface area contributed by atoms with Crippen LogP contribution in [0.25, 0.3) is 32.1 Å². The Kier molecular flexibility index (Phi) is 6.68. The molecule has 3 heterocycles. The van der Waals surface area contributed by atoms with Crippen LogP contribution >= 0.6 is 11.3 Å². The average molecular weight is 439 g/mol. The summed E-state index contributed by atoms with van der Waals surface area (Å²) >= 11 is 1.81. The normalized spacial score (nSPS) is 10.3. The molecule has 158 valence electrons. The summed E-state index contributed by atoms with van der Waals surface area (Å²) in [5.41, 5.74) is 4.62. The fourth-order valence-electron chi connectivity index (χ4n) is 3.29. The van der Waals surface area contributed by atoms with Crippen LogP contribution in [0.3, 0.4) is 0 Å². The van der Waals surface area contributed by atoms with Crippen molar-refractivity contribution in [2.24, 2.45) is 0 Å². The zero-order chi connectivity index (χ0) is 22.3. The molecular weight excluding hydrogens is 416 g/mol. The molecule has 0 bridgehead atoms. The summed E-state index contributed by atoms with van der Waals surface area (Å²) in [5, 5.41) is 4.59. The molecule has 5 heteroatoms. The van der Waals surface area contributed by atoms with E-state index in [2.05, 4.69) is 46.5 Å². The lowest BCUT2D eigenvalue weighted by molar-refractivity contribution is 0.560. The van der Waals surface area contributed by atoms with Crippen molar-refractivity contribution in [1.82, 2.24) is 9.97 Å². The summed E-state index contributed by atoms with van der Waals surface area (Å²) in [7, 11) is 0. The Morgan fingerprint density at radius 3 is 2.00 bits per heavy atom. The van der Waals surface area contributed by atoms with Crippen LogP contribution in [0.15, 0.2) is 106 Å². The van der Waals surface area contributed by atoms with E-state index in [1.165, 1.54) is 21.7 Å². The second kappa shape index (κ2) is 9.98. The molecule has 0 N–H and O–H groups in total. The Hall–Kier alpha value is -3.83. The van der Waals surface area contributed by atoms with E-state index in [1.54, 1.807) is 18.5 Å². The van der Waals surface area contributed by atoms with Crippen LogP contribution in [-0.4, -0.2) is 9.97 Å². The van der Waals surface area contributed by atoms with Gasteiger partial charge in [-0.3, -0.25) is 9.97 Å². The van der Waals surface area contributed by atoms with Gasteiger partial charge in [0.25, 0.3) is 0 Å². The average Bonchev–Trinajstić information content (AvgIpc) is 3.21. The van der Waals surface area contributed by atoms with Crippen molar-refractivity contribution < 1.29 is 4.42 Å². The maximum Gasteiger partial charge on any atom is 0.336 e. The first kappa shape index (κ1) is 21.4. The zero-order valence-electron chi connectivity index (χ0n) is 17.9. The Balaban J connectivity index is 0.000000115. The smallest absolute Gasteiger partial charge is 0.336 e. The van der Waals surface area contributed by atoms with E-state index in [0.29, 0.717) is 5.58 Å². The third kappa shape index (κ3) is 5.07. The second-order valence-electron chi connectivity index (χ2n) is 7.20. The number of thiophene rings is 1. The SMILES string of the molecule is Cc1cc(=O)oc2ccccc12.Cc1csc2ccccc12.c1ccc2nccnc2c1. The molecule has 6 rings (SSSR count). The first-order valence-electron chi connectivity index (χ1n) is 10.2. The van der Waals surface area contributed by atoms with Crippen molar-refractivity contribution >= 4 is 43.4 Å². The van der Waals surface area contributed by atoms with Crippen LogP contribution in [0.2, 0.25) is 0 Å². The van der Waals surface area contributed by atoms with Crippen molar-refractivity contribution in [2.75, 3.05) is 0 Å². The Morgan fingerprint density at radius 1 is 0.719 bits per heavy atom. The molecular formula is C27H22N2O2S. The van der Waals surface area contributed by atoms with Gasteiger partial charge in [0.05, 0.1) is 11.0 Å². The molecule has 0 aliphatic carbocycles. The minimum Gasteiger partial charge on any atom is -0.423 e. The summed E-state index contributed by atoms with van der Waals surface area (Å²) in [6, 6.07) is 25.3. The van der Waals surface area contributed by atoms with Crippen molar-refractivity contribution in [2.45, 2.75) is 13.8 Å². The first-order valence-corrected chi connectivity index (χ1v) is 11.1. The molecule has 0 fully saturated rings. The quantitative estimate of drug-likeness (QED) is 0.241. The van der Waals surface area contributed by atoms with Gasteiger partial charge >= 0.3 is 5.63 Å². The van der Waals surface area contributed by atoms with Crippen molar-refractivity contribution in [1.29, 1.82) is 0 Å². The fraction of sp³-hybridized carbons (Fsp3) is 0.0741. The van der Waals surface area contributed by atoms with Gasteiger partial charge in [0.2, 0.25) is 0 Å². The van der Waals surface area contributed by atoms with Crippen LogP contribution in [0.5, 0.6) is 0 Å². The van der Waals surface area contributed by atoms with Crippen molar-refractivity contribution in [3.05, 3.63) is 118 Å². The molecule has 0 saturated carbocycles. The lowest BCUT2D eigenvalue weighted by Gasteiger charge is -1.97. The number of rotatable bonds is 0. The molecule has 32 heavy (non-hydrogen) atoms. The van der Waals surface area contributed by atoms with Gasteiger partial charge < -0.3 is 4.42 Å². The molecule has 0 radical (unpaired) electrons. The number of aryl methyl sites for hydroxylation is 2. The molecule has 0 amide bonds. The molecule has 0 saturated heterocycles. The number of nitrogens with zero attached hydrogens (tertiary/aromatic N) is 2. The summed E-state index contributed by atoms with van der Waals surface area (Å²) in [6.07, 6.45) is 3.39. The molecule has 3 aromatic carbocycles. The third-order valence-electron chi connectivity index (χ3n) is 4.91. The number of fused-ring (bicyclic) bond motifs is 3. The van der Waals surface area contributed by atoms with Gasteiger partial charge in [-0.05, 0) is 60.0 Å². The number of hydrogen-bond acceptors (Lipinski definition) is 5. The van der Waals surface area contributed by atoms with E-state index < -0.39 is 0 Å². The van der Waals surface area contributed by atoms with Crippen LogP contribution in [0.4, 0.5) is 0 Å². The van der Waals surface area contributed by atoms with Gasteiger partial charge in [0.15, 0.2) is 0 Å². The number of hydrogen-bond donors (Lipinski definition) is 0. The van der Waals surface area contributed by atoms with Gasteiger partial charge in [-0.15, -0.1) is 11.3 Å². The summed E-state index contributed by atoms with van der Waals surface area (Å²) in [5.74, 6) is 0. The number of benzene rings is 3. The monoisotopic (exact) mass is 438 g/mol. The second-order valence-corrected chi connectivity index (χ2v) is 8.12. The van der Waals surface area contributed by atoms with E-state index in [4.69, 9.17) is 4.42 Å². The van der Waals surface area contributed by atoms with E-state index in [-0.39, 0.29) is 5.63 Å². The minimum atomic E-state index is -0.286. The highest BCUT2D eigenvalue weighted by molar-refractivity contribution is 7.17. The van der Waals surface area contributed by atoms with Gasteiger partial charge in [-0.1, -0.05) is 48.5 Å². The number of aromatic nitrogens is 2. The lowest BCUT2D eigenvalue weighted by Crippen LogP contribution is -1.97. The highest BCUT2D eigenvalue weighted by Crippen LogP contribution is 2.24. The third-order valence-corrected chi connectivity index (χ3v) is 5.99. The lowest BCUT2D eigenvalue weighted by atomic mass is 10.1. The van der Waals surface area contributed by atoms with E-state index >= 15 is 0 Å². The Morgan fingerprint density at radius 2 is 1.31 bits per heavy atom. The molecule has 0 spiro atoms.